The van der Waals surface area contributed by atoms with Crippen LogP contribution in [0.3, 0.4) is 0 Å². The molecule has 0 saturated heterocycles. The number of nitrogens with two attached hydrogens (primary N) is 1. The van der Waals surface area contributed by atoms with Gasteiger partial charge in [-0.25, -0.2) is 8.78 Å². The second kappa shape index (κ2) is 4.78. The third-order valence-electron chi connectivity index (χ3n) is 2.47. The maximum absolute atomic E-state index is 13.2. The molecule has 2 N–H and O–H groups in total. The SMILES string of the molecule is Cc1sc(Br)cc1C(=O)c1cc(F)c(F)cc1N. The van der Waals surface area contributed by atoms with Gasteiger partial charge in [-0.3, -0.25) is 4.79 Å². The first kappa shape index (κ1) is 13.2. The topological polar surface area (TPSA) is 43.1 Å². The molecule has 0 bridgehead atoms. The van der Waals surface area contributed by atoms with Crippen LogP contribution in [-0.4, -0.2) is 5.78 Å². The van der Waals surface area contributed by atoms with Gasteiger partial charge in [-0.2, -0.15) is 0 Å². The maximum atomic E-state index is 13.2. The molecular formula is C12H8BrF2NOS. The molecular weight excluding hydrogens is 324 g/mol. The average molecular weight is 332 g/mol. The lowest BCUT2D eigenvalue weighted by molar-refractivity contribution is 0.103. The molecule has 0 aliphatic carbocycles. The lowest BCUT2D eigenvalue weighted by atomic mass is 10.0. The summed E-state index contributed by atoms with van der Waals surface area (Å²) in [6.07, 6.45) is 0. The van der Waals surface area contributed by atoms with E-state index in [1.54, 1.807) is 13.0 Å². The number of thiophene rings is 1. The normalized spacial score (nSPS) is 10.7. The van der Waals surface area contributed by atoms with Gasteiger partial charge in [0.2, 0.25) is 0 Å². The van der Waals surface area contributed by atoms with Crippen LogP contribution in [0.1, 0.15) is 20.8 Å². The number of carbonyl (C=O) groups excluding carboxylic acids is 1. The van der Waals surface area contributed by atoms with Gasteiger partial charge in [0.25, 0.3) is 0 Å². The molecule has 0 fully saturated rings. The van der Waals surface area contributed by atoms with Gasteiger partial charge in [0.1, 0.15) is 0 Å². The number of carbonyl (C=O) groups is 1. The minimum absolute atomic E-state index is 0.0256. The molecule has 2 rings (SSSR count). The quantitative estimate of drug-likeness (QED) is 0.669. The largest absolute Gasteiger partial charge is 0.398 e. The van der Waals surface area contributed by atoms with Crippen LogP contribution in [-0.2, 0) is 0 Å². The van der Waals surface area contributed by atoms with Crippen molar-refractivity contribution >= 4 is 38.7 Å². The predicted octanol–water partition coefficient (Wildman–Crippen LogP) is 3.91. The number of benzene rings is 1. The van der Waals surface area contributed by atoms with Crippen LogP contribution >= 0.6 is 27.3 Å². The highest BCUT2D eigenvalue weighted by Gasteiger charge is 2.19. The summed E-state index contributed by atoms with van der Waals surface area (Å²) in [4.78, 5) is 13.0. The highest BCUT2D eigenvalue weighted by Crippen LogP contribution is 2.29. The number of rotatable bonds is 2. The second-order valence-corrected chi connectivity index (χ2v) is 6.34. The first-order valence-corrected chi connectivity index (χ1v) is 6.56. The Morgan fingerprint density at radius 1 is 1.22 bits per heavy atom. The van der Waals surface area contributed by atoms with Gasteiger partial charge < -0.3 is 5.73 Å². The summed E-state index contributed by atoms with van der Waals surface area (Å²) < 4.78 is 26.9. The van der Waals surface area contributed by atoms with Gasteiger partial charge in [-0.15, -0.1) is 11.3 Å². The third-order valence-corrected chi connectivity index (χ3v) is 4.02. The van der Waals surface area contributed by atoms with Crippen molar-refractivity contribution in [2.45, 2.75) is 6.92 Å². The van der Waals surface area contributed by atoms with Crippen molar-refractivity contribution in [2.75, 3.05) is 5.73 Å². The van der Waals surface area contributed by atoms with Gasteiger partial charge >= 0.3 is 0 Å². The lowest BCUT2D eigenvalue weighted by Gasteiger charge is -2.05. The number of nitrogen functional groups attached to an aromatic ring is 1. The van der Waals surface area contributed by atoms with E-state index in [-0.39, 0.29) is 11.3 Å². The van der Waals surface area contributed by atoms with Crippen molar-refractivity contribution in [1.82, 2.24) is 0 Å². The Hall–Kier alpha value is -1.27. The van der Waals surface area contributed by atoms with E-state index in [0.29, 0.717) is 5.56 Å². The molecule has 0 aliphatic heterocycles. The molecule has 2 nitrogen and oxygen atoms in total. The van der Waals surface area contributed by atoms with E-state index in [4.69, 9.17) is 5.73 Å². The van der Waals surface area contributed by atoms with Crippen molar-refractivity contribution in [1.29, 1.82) is 0 Å². The standard InChI is InChI=1S/C12H8BrF2NOS/c1-5-6(3-11(13)18-5)12(17)7-2-8(14)9(15)4-10(7)16/h2-4H,16H2,1H3. The van der Waals surface area contributed by atoms with Crippen LogP contribution in [0.15, 0.2) is 22.0 Å². The van der Waals surface area contributed by atoms with E-state index in [0.717, 1.165) is 20.8 Å². The molecule has 1 heterocycles. The average Bonchev–Trinajstić information content (AvgIpc) is 2.62. The van der Waals surface area contributed by atoms with E-state index in [9.17, 15) is 13.6 Å². The van der Waals surface area contributed by atoms with E-state index in [1.165, 1.54) is 11.3 Å². The smallest absolute Gasteiger partial charge is 0.196 e. The molecule has 6 heteroatoms. The summed E-state index contributed by atoms with van der Waals surface area (Å²) in [5, 5.41) is 0. The number of ketones is 1. The summed E-state index contributed by atoms with van der Waals surface area (Å²) >= 11 is 4.66. The molecule has 18 heavy (non-hydrogen) atoms. The summed E-state index contributed by atoms with van der Waals surface area (Å²) in [6.45, 7) is 1.78. The van der Waals surface area contributed by atoms with Gasteiger partial charge in [0.15, 0.2) is 17.4 Å². The second-order valence-electron chi connectivity index (χ2n) is 3.70. The molecule has 2 aromatic rings. The van der Waals surface area contributed by atoms with E-state index < -0.39 is 17.4 Å². The Bertz CT molecular complexity index is 639. The zero-order valence-electron chi connectivity index (χ0n) is 9.26. The zero-order valence-corrected chi connectivity index (χ0v) is 11.7. The first-order chi connectivity index (χ1) is 8.40. The summed E-state index contributed by atoms with van der Waals surface area (Å²) in [5.41, 5.74) is 5.89. The van der Waals surface area contributed by atoms with Crippen LogP contribution in [0.5, 0.6) is 0 Å². The van der Waals surface area contributed by atoms with Crippen LogP contribution in [0.25, 0.3) is 0 Å². The number of anilines is 1. The van der Waals surface area contributed by atoms with Crippen molar-refractivity contribution < 1.29 is 13.6 Å². The summed E-state index contributed by atoms with van der Waals surface area (Å²) in [7, 11) is 0. The molecule has 0 atom stereocenters. The summed E-state index contributed by atoms with van der Waals surface area (Å²) in [6, 6.07) is 3.29. The van der Waals surface area contributed by atoms with Crippen LogP contribution in [0, 0.1) is 18.6 Å². The molecule has 0 aliphatic rings. The maximum Gasteiger partial charge on any atom is 0.196 e. The number of halogens is 3. The van der Waals surface area contributed by atoms with Crippen LogP contribution in [0.4, 0.5) is 14.5 Å². The molecule has 94 valence electrons. The van der Waals surface area contributed by atoms with Crippen molar-refractivity contribution in [3.05, 3.63) is 49.6 Å². The molecule has 1 aromatic heterocycles. The molecule has 0 saturated carbocycles. The van der Waals surface area contributed by atoms with Gasteiger partial charge in [-0.05, 0) is 35.0 Å². The van der Waals surface area contributed by atoms with Crippen molar-refractivity contribution in [2.24, 2.45) is 0 Å². The first-order valence-electron chi connectivity index (χ1n) is 4.95. The Balaban J connectivity index is 2.53. The Morgan fingerprint density at radius 3 is 2.39 bits per heavy atom. The fourth-order valence-electron chi connectivity index (χ4n) is 1.58. The minimum Gasteiger partial charge on any atom is -0.398 e. The van der Waals surface area contributed by atoms with Gasteiger partial charge in [0.05, 0.1) is 3.79 Å². The molecule has 0 amide bonds. The predicted molar refractivity (Wildman–Crippen MR) is 71.0 cm³/mol. The van der Waals surface area contributed by atoms with Crippen LogP contribution in [0.2, 0.25) is 0 Å². The fraction of sp³-hybridized carbons (Fsp3) is 0.0833. The minimum atomic E-state index is -1.08. The van der Waals surface area contributed by atoms with E-state index >= 15 is 0 Å². The third kappa shape index (κ3) is 2.30. The number of hydrogen-bond donors (Lipinski definition) is 1. The Morgan fingerprint density at radius 2 is 1.83 bits per heavy atom. The van der Waals surface area contributed by atoms with Gasteiger partial charge in [0, 0.05) is 27.8 Å². The Labute approximate surface area is 115 Å². The fourth-order valence-corrected chi connectivity index (χ4v) is 3.26. The zero-order chi connectivity index (χ0) is 13.4. The van der Waals surface area contributed by atoms with Crippen LogP contribution < -0.4 is 5.73 Å². The molecule has 0 radical (unpaired) electrons. The highest BCUT2D eigenvalue weighted by atomic mass is 79.9. The number of hydrogen-bond acceptors (Lipinski definition) is 3. The molecule has 0 unspecified atom stereocenters. The molecule has 0 spiro atoms. The van der Waals surface area contributed by atoms with E-state index in [2.05, 4.69) is 15.9 Å². The summed E-state index contributed by atoms with van der Waals surface area (Å²) in [5.74, 6) is -2.56. The Kier molecular flexibility index (Phi) is 3.49. The van der Waals surface area contributed by atoms with Crippen molar-refractivity contribution in [3.63, 3.8) is 0 Å². The van der Waals surface area contributed by atoms with Crippen molar-refractivity contribution in [3.8, 4) is 0 Å². The van der Waals surface area contributed by atoms with E-state index in [1.807, 2.05) is 0 Å². The monoisotopic (exact) mass is 331 g/mol. The number of aryl methyl sites for hydroxylation is 1. The molecule has 1 aromatic carbocycles. The highest BCUT2D eigenvalue weighted by molar-refractivity contribution is 9.11. The lowest BCUT2D eigenvalue weighted by Crippen LogP contribution is -2.07. The van der Waals surface area contributed by atoms with Gasteiger partial charge in [-0.1, -0.05) is 0 Å².